The van der Waals surface area contributed by atoms with Gasteiger partial charge in [-0.15, -0.1) is 0 Å². The highest BCUT2D eigenvalue weighted by atomic mass is 35.5. The van der Waals surface area contributed by atoms with Crippen molar-refractivity contribution in [3.63, 3.8) is 0 Å². The number of aryl methyl sites for hydroxylation is 1. The fourth-order valence-electron chi connectivity index (χ4n) is 3.93. The zero-order valence-corrected chi connectivity index (χ0v) is 22.4. The Morgan fingerprint density at radius 1 is 1.13 bits per heavy atom. The molecular weight excluding hydrogens is 549 g/mol. The first kappa shape index (κ1) is 28.2. The molecule has 204 valence electrons. The molecule has 4 aromatic rings. The predicted octanol–water partition coefficient (Wildman–Crippen LogP) is 3.25. The van der Waals surface area contributed by atoms with E-state index in [-0.39, 0.29) is 12.0 Å². The van der Waals surface area contributed by atoms with E-state index < -0.39 is 0 Å². The highest BCUT2D eigenvalue weighted by Crippen LogP contribution is 2.33. The Labute approximate surface area is 233 Å². The molecule has 0 aromatic carbocycles. The van der Waals surface area contributed by atoms with Crippen LogP contribution in [0.25, 0.3) is 22.2 Å². The molecule has 0 atom stereocenters. The van der Waals surface area contributed by atoms with E-state index in [9.17, 15) is 4.79 Å². The molecule has 14 heteroatoms. The Hall–Kier alpha value is -3.84. The molecule has 2 N–H and O–H groups in total. The number of aromatic nitrogens is 5. The van der Waals surface area contributed by atoms with Gasteiger partial charge in [0.1, 0.15) is 12.3 Å². The summed E-state index contributed by atoms with van der Waals surface area (Å²) in [6.45, 7) is 4.50. The molecule has 0 bridgehead atoms. The number of fused-ring (bicyclic) bond motifs is 1. The fourth-order valence-corrected chi connectivity index (χ4v) is 4.50. The Bertz CT molecular complexity index is 1470. The van der Waals surface area contributed by atoms with E-state index in [1.54, 1.807) is 31.6 Å². The topological polar surface area (TPSA) is 145 Å². The number of hydrogen-bond acceptors (Lipinski definition) is 10. The predicted molar refractivity (Wildman–Crippen MR) is 147 cm³/mol. The summed E-state index contributed by atoms with van der Waals surface area (Å²) in [4.78, 5) is 41.0. The van der Waals surface area contributed by atoms with Gasteiger partial charge in [0.2, 0.25) is 11.8 Å². The van der Waals surface area contributed by atoms with Crippen molar-refractivity contribution in [3.05, 3.63) is 63.4 Å². The molecule has 4 aromatic heterocycles. The number of nitrogens with one attached hydrogen (secondary N) is 1. The van der Waals surface area contributed by atoms with Gasteiger partial charge in [-0.2, -0.15) is 4.98 Å². The standard InChI is InChI=1S/C24H23Cl2N7O3.CH2O2/c1-32-22-15(10-17(23(32)34)21-18(25)13-27-14-19(21)26)11-29-24(31-22)30-16-2-3-20(28-12-16)36-9-6-33-4-7-35-8-5-33;2-1-3/h2-3,10-14H,4-9H2,1H3,(H,29,30,31);1H,(H,2,3). The summed E-state index contributed by atoms with van der Waals surface area (Å²) in [6, 6.07) is 5.30. The van der Waals surface area contributed by atoms with Crippen LogP contribution in [-0.2, 0) is 16.6 Å². The van der Waals surface area contributed by atoms with Crippen LogP contribution in [0.3, 0.4) is 0 Å². The largest absolute Gasteiger partial charge is 0.483 e. The average molecular weight is 574 g/mol. The quantitative estimate of drug-likeness (QED) is 0.314. The number of hydrogen-bond donors (Lipinski definition) is 2. The third kappa shape index (κ3) is 6.98. The van der Waals surface area contributed by atoms with Crippen molar-refractivity contribution in [1.29, 1.82) is 0 Å². The Morgan fingerprint density at radius 3 is 2.51 bits per heavy atom. The van der Waals surface area contributed by atoms with Crippen LogP contribution in [0.4, 0.5) is 11.6 Å². The number of carbonyl (C=O) groups is 1. The van der Waals surface area contributed by atoms with Crippen LogP contribution in [0.2, 0.25) is 10.0 Å². The van der Waals surface area contributed by atoms with Crippen LogP contribution in [0.1, 0.15) is 0 Å². The summed E-state index contributed by atoms with van der Waals surface area (Å²) in [6.07, 6.45) is 6.18. The van der Waals surface area contributed by atoms with Gasteiger partial charge in [0, 0.05) is 62.3 Å². The van der Waals surface area contributed by atoms with Gasteiger partial charge in [0.25, 0.3) is 12.0 Å². The molecule has 0 aliphatic carbocycles. The summed E-state index contributed by atoms with van der Waals surface area (Å²) < 4.78 is 12.5. The van der Waals surface area contributed by atoms with E-state index in [0.29, 0.717) is 56.3 Å². The number of rotatable bonds is 7. The first-order valence-corrected chi connectivity index (χ1v) is 12.6. The van der Waals surface area contributed by atoms with E-state index >= 15 is 0 Å². The maximum Gasteiger partial charge on any atom is 0.290 e. The molecule has 12 nitrogen and oxygen atoms in total. The SMILES string of the molecule is Cn1c(=O)c(-c2c(Cl)cncc2Cl)cc2cnc(Nc3ccc(OCCN4CCOCC4)nc3)nc21.O=CO. The minimum atomic E-state index is -0.289. The minimum Gasteiger partial charge on any atom is -0.483 e. The molecule has 0 unspecified atom stereocenters. The van der Waals surface area contributed by atoms with Crippen LogP contribution in [0, 0.1) is 0 Å². The number of carboxylic acid groups (broad SMARTS) is 1. The van der Waals surface area contributed by atoms with E-state index in [2.05, 4.69) is 30.2 Å². The molecule has 0 amide bonds. The molecule has 1 aliphatic heterocycles. The number of nitrogens with zero attached hydrogens (tertiary/aromatic N) is 6. The Kier molecular flexibility index (Phi) is 9.60. The summed E-state index contributed by atoms with van der Waals surface area (Å²) in [7, 11) is 1.64. The van der Waals surface area contributed by atoms with Gasteiger partial charge in [-0.25, -0.2) is 9.97 Å². The minimum absolute atomic E-state index is 0.250. The van der Waals surface area contributed by atoms with E-state index in [0.717, 1.165) is 32.8 Å². The summed E-state index contributed by atoms with van der Waals surface area (Å²) >= 11 is 12.5. The van der Waals surface area contributed by atoms with Gasteiger partial charge >= 0.3 is 0 Å². The lowest BCUT2D eigenvalue weighted by Crippen LogP contribution is -2.38. The number of ether oxygens (including phenoxy) is 2. The maximum atomic E-state index is 13.1. The number of halogens is 2. The summed E-state index contributed by atoms with van der Waals surface area (Å²) in [5.74, 6) is 0.865. The zero-order valence-electron chi connectivity index (χ0n) is 20.9. The lowest BCUT2D eigenvalue weighted by molar-refractivity contribution is -0.122. The van der Waals surface area contributed by atoms with E-state index in [1.807, 2.05) is 6.07 Å². The summed E-state index contributed by atoms with van der Waals surface area (Å²) in [5.41, 5.74) is 1.63. The van der Waals surface area contributed by atoms with Crippen molar-refractivity contribution in [2.24, 2.45) is 7.05 Å². The molecule has 0 radical (unpaired) electrons. The van der Waals surface area contributed by atoms with Crippen LogP contribution >= 0.6 is 23.2 Å². The Balaban J connectivity index is 0.00000112. The lowest BCUT2D eigenvalue weighted by atomic mass is 10.1. The molecule has 0 spiro atoms. The van der Waals surface area contributed by atoms with Crippen molar-refractivity contribution in [2.45, 2.75) is 0 Å². The molecule has 5 heterocycles. The number of anilines is 2. The third-order valence-electron chi connectivity index (χ3n) is 5.82. The summed E-state index contributed by atoms with van der Waals surface area (Å²) in [5, 5.41) is 11.2. The average Bonchev–Trinajstić information content (AvgIpc) is 2.93. The van der Waals surface area contributed by atoms with Gasteiger partial charge in [0.15, 0.2) is 0 Å². The first-order valence-electron chi connectivity index (χ1n) is 11.8. The van der Waals surface area contributed by atoms with Crippen molar-refractivity contribution in [1.82, 2.24) is 29.4 Å². The number of pyridine rings is 3. The molecule has 39 heavy (non-hydrogen) atoms. The molecule has 1 fully saturated rings. The van der Waals surface area contributed by atoms with Gasteiger partial charge in [-0.05, 0) is 12.1 Å². The van der Waals surface area contributed by atoms with E-state index in [1.165, 1.54) is 17.0 Å². The second kappa shape index (κ2) is 13.3. The smallest absolute Gasteiger partial charge is 0.290 e. The molecule has 1 aliphatic rings. The fraction of sp³-hybridized carbons (Fsp3) is 0.280. The van der Waals surface area contributed by atoms with E-state index in [4.69, 9.17) is 42.6 Å². The van der Waals surface area contributed by atoms with Gasteiger partial charge in [0.05, 0.1) is 40.7 Å². The van der Waals surface area contributed by atoms with Crippen molar-refractivity contribution in [2.75, 3.05) is 44.8 Å². The monoisotopic (exact) mass is 573 g/mol. The normalized spacial score (nSPS) is 13.4. The maximum absolute atomic E-state index is 13.1. The van der Waals surface area contributed by atoms with Gasteiger partial charge in [-0.1, -0.05) is 23.2 Å². The van der Waals surface area contributed by atoms with Crippen molar-refractivity contribution >= 4 is 52.3 Å². The van der Waals surface area contributed by atoms with Gasteiger partial charge in [-0.3, -0.25) is 24.0 Å². The molecule has 0 saturated carbocycles. The molecule has 1 saturated heterocycles. The second-order valence-corrected chi connectivity index (χ2v) is 9.11. The highest BCUT2D eigenvalue weighted by Gasteiger charge is 2.17. The zero-order chi connectivity index (χ0) is 27.8. The van der Waals surface area contributed by atoms with Crippen LogP contribution in [-0.4, -0.2) is 80.4 Å². The second-order valence-electron chi connectivity index (χ2n) is 8.29. The van der Waals surface area contributed by atoms with Crippen LogP contribution < -0.4 is 15.6 Å². The number of morpholine rings is 1. The highest BCUT2D eigenvalue weighted by molar-refractivity contribution is 6.39. The molecular formula is C25H25Cl2N7O5. The molecule has 5 rings (SSSR count). The van der Waals surface area contributed by atoms with Crippen molar-refractivity contribution < 1.29 is 19.4 Å². The van der Waals surface area contributed by atoms with Gasteiger partial charge < -0.3 is 19.9 Å². The lowest BCUT2D eigenvalue weighted by Gasteiger charge is -2.26. The third-order valence-corrected chi connectivity index (χ3v) is 6.40. The first-order chi connectivity index (χ1) is 18.9. The van der Waals surface area contributed by atoms with Crippen LogP contribution in [0.15, 0.2) is 47.8 Å². The van der Waals surface area contributed by atoms with Crippen molar-refractivity contribution in [3.8, 4) is 17.0 Å². The van der Waals surface area contributed by atoms with Crippen LogP contribution in [0.5, 0.6) is 5.88 Å². The Morgan fingerprint density at radius 2 is 1.85 bits per heavy atom.